The van der Waals surface area contributed by atoms with Crippen molar-refractivity contribution in [3.05, 3.63) is 64.8 Å². The third-order valence-electron chi connectivity index (χ3n) is 5.41. The summed E-state index contributed by atoms with van der Waals surface area (Å²) in [6, 6.07) is 14.4. The predicted octanol–water partition coefficient (Wildman–Crippen LogP) is 4.35. The molecule has 0 amide bonds. The molecule has 4 rings (SSSR count). The molecule has 2 aromatic carbocycles. The Labute approximate surface area is 166 Å². The number of hydrogen-bond acceptors (Lipinski definition) is 4. The highest BCUT2D eigenvalue weighted by molar-refractivity contribution is 5.68. The van der Waals surface area contributed by atoms with Gasteiger partial charge in [-0.2, -0.15) is 5.10 Å². The molecule has 1 N–H and O–H groups in total. The van der Waals surface area contributed by atoms with E-state index in [1.807, 2.05) is 12.1 Å². The molecule has 0 saturated carbocycles. The quantitative estimate of drug-likeness (QED) is 0.694. The number of ether oxygens (including phenoxy) is 2. The van der Waals surface area contributed by atoms with Crippen molar-refractivity contribution in [3.63, 3.8) is 0 Å². The van der Waals surface area contributed by atoms with Gasteiger partial charge < -0.3 is 9.47 Å². The monoisotopic (exact) mass is 377 g/mol. The maximum Gasteiger partial charge on any atom is 0.161 e. The lowest BCUT2D eigenvalue weighted by Crippen LogP contribution is -2.30. The number of aryl methyl sites for hydroxylation is 1. The molecule has 2 heterocycles. The standard InChI is InChI=1S/C23H27N3O2/c1-4-26-12-11-20-19(14-26)23(25-24-20)18-9-10-21(22(13-18)27-3)28-15-17-7-5-16(2)6-8-17/h5-10,13H,4,11-12,14-15H2,1-3H3,(H,24,25). The first kappa shape index (κ1) is 18.6. The summed E-state index contributed by atoms with van der Waals surface area (Å²) in [6.45, 7) is 7.87. The van der Waals surface area contributed by atoms with E-state index in [-0.39, 0.29) is 0 Å². The first-order valence-electron chi connectivity index (χ1n) is 9.83. The minimum Gasteiger partial charge on any atom is -0.493 e. The maximum absolute atomic E-state index is 6.01. The first-order valence-corrected chi connectivity index (χ1v) is 9.83. The van der Waals surface area contributed by atoms with Crippen molar-refractivity contribution in [2.24, 2.45) is 0 Å². The number of hydrogen-bond donors (Lipinski definition) is 1. The number of nitrogens with zero attached hydrogens (tertiary/aromatic N) is 2. The van der Waals surface area contributed by atoms with Crippen molar-refractivity contribution < 1.29 is 9.47 Å². The molecule has 0 fully saturated rings. The number of H-pyrrole nitrogens is 1. The minimum absolute atomic E-state index is 0.513. The van der Waals surface area contributed by atoms with Crippen LogP contribution in [0.5, 0.6) is 11.5 Å². The molecule has 1 aliphatic rings. The van der Waals surface area contributed by atoms with Gasteiger partial charge in [-0.25, -0.2) is 0 Å². The molecule has 0 saturated heterocycles. The first-order chi connectivity index (χ1) is 13.7. The molecule has 5 nitrogen and oxygen atoms in total. The molecule has 3 aromatic rings. The fraction of sp³-hybridized carbons (Fsp3) is 0.348. The summed E-state index contributed by atoms with van der Waals surface area (Å²) < 4.78 is 11.6. The van der Waals surface area contributed by atoms with Crippen LogP contribution in [0.3, 0.4) is 0 Å². The zero-order valence-electron chi connectivity index (χ0n) is 16.8. The Morgan fingerprint density at radius 1 is 1.11 bits per heavy atom. The number of benzene rings is 2. The molecule has 5 heteroatoms. The van der Waals surface area contributed by atoms with Gasteiger partial charge in [0, 0.05) is 36.3 Å². The van der Waals surface area contributed by atoms with E-state index in [0.29, 0.717) is 6.61 Å². The van der Waals surface area contributed by atoms with Gasteiger partial charge in [0.2, 0.25) is 0 Å². The molecule has 1 aliphatic heterocycles. The Morgan fingerprint density at radius 3 is 2.68 bits per heavy atom. The third kappa shape index (κ3) is 3.76. The lowest BCUT2D eigenvalue weighted by molar-refractivity contribution is 0.267. The van der Waals surface area contributed by atoms with Crippen molar-refractivity contribution in [1.82, 2.24) is 15.1 Å². The van der Waals surface area contributed by atoms with Crippen LogP contribution in [0.15, 0.2) is 42.5 Å². The second-order valence-electron chi connectivity index (χ2n) is 7.29. The van der Waals surface area contributed by atoms with E-state index in [2.05, 4.69) is 59.3 Å². The van der Waals surface area contributed by atoms with E-state index in [1.54, 1.807) is 7.11 Å². The molecule has 0 spiro atoms. The fourth-order valence-electron chi connectivity index (χ4n) is 3.64. The number of nitrogens with one attached hydrogen (secondary N) is 1. The summed E-state index contributed by atoms with van der Waals surface area (Å²) in [5.74, 6) is 1.47. The van der Waals surface area contributed by atoms with E-state index < -0.39 is 0 Å². The van der Waals surface area contributed by atoms with E-state index in [4.69, 9.17) is 9.47 Å². The van der Waals surface area contributed by atoms with Gasteiger partial charge in [-0.3, -0.25) is 10.00 Å². The average Bonchev–Trinajstić information content (AvgIpc) is 3.16. The molecular weight excluding hydrogens is 350 g/mol. The molecule has 0 radical (unpaired) electrons. The van der Waals surface area contributed by atoms with Crippen LogP contribution < -0.4 is 9.47 Å². The highest BCUT2D eigenvalue weighted by Gasteiger charge is 2.22. The van der Waals surface area contributed by atoms with E-state index in [0.717, 1.165) is 54.4 Å². The van der Waals surface area contributed by atoms with Gasteiger partial charge in [-0.1, -0.05) is 36.8 Å². The smallest absolute Gasteiger partial charge is 0.161 e. The number of fused-ring (bicyclic) bond motifs is 1. The molecule has 0 atom stereocenters. The van der Waals surface area contributed by atoms with E-state index in [1.165, 1.54) is 16.8 Å². The van der Waals surface area contributed by atoms with Crippen LogP contribution in [0.4, 0.5) is 0 Å². The van der Waals surface area contributed by atoms with Crippen molar-refractivity contribution in [2.45, 2.75) is 33.4 Å². The number of rotatable bonds is 6. The van der Waals surface area contributed by atoms with Gasteiger partial charge in [0.05, 0.1) is 12.8 Å². The Morgan fingerprint density at radius 2 is 1.93 bits per heavy atom. The summed E-state index contributed by atoms with van der Waals surface area (Å²) in [4.78, 5) is 2.44. The summed E-state index contributed by atoms with van der Waals surface area (Å²) in [5, 5.41) is 7.82. The van der Waals surface area contributed by atoms with Crippen molar-refractivity contribution >= 4 is 0 Å². The Kier molecular flexibility index (Phi) is 5.35. The zero-order chi connectivity index (χ0) is 19.5. The average molecular weight is 377 g/mol. The van der Waals surface area contributed by atoms with Crippen LogP contribution in [0.2, 0.25) is 0 Å². The summed E-state index contributed by atoms with van der Waals surface area (Å²) in [7, 11) is 1.68. The topological polar surface area (TPSA) is 50.4 Å². The zero-order valence-corrected chi connectivity index (χ0v) is 16.8. The molecule has 146 valence electrons. The molecule has 0 unspecified atom stereocenters. The molecular formula is C23H27N3O2. The van der Waals surface area contributed by atoms with Crippen LogP contribution >= 0.6 is 0 Å². The van der Waals surface area contributed by atoms with E-state index in [9.17, 15) is 0 Å². The van der Waals surface area contributed by atoms with Crippen LogP contribution in [0.1, 0.15) is 29.3 Å². The normalized spacial score (nSPS) is 14.0. The minimum atomic E-state index is 0.513. The second-order valence-corrected chi connectivity index (χ2v) is 7.29. The number of aromatic nitrogens is 2. The summed E-state index contributed by atoms with van der Waals surface area (Å²) in [6.07, 6.45) is 1.02. The molecule has 28 heavy (non-hydrogen) atoms. The molecule has 0 bridgehead atoms. The maximum atomic E-state index is 6.01. The highest BCUT2D eigenvalue weighted by Crippen LogP contribution is 2.35. The SMILES string of the molecule is CCN1CCc2[nH]nc(-c3ccc(OCc4ccc(C)cc4)c(OC)c3)c2C1. The van der Waals surface area contributed by atoms with Gasteiger partial charge in [0.15, 0.2) is 11.5 Å². The lowest BCUT2D eigenvalue weighted by Gasteiger charge is -2.25. The number of methoxy groups -OCH3 is 1. The van der Waals surface area contributed by atoms with Gasteiger partial charge >= 0.3 is 0 Å². The third-order valence-corrected chi connectivity index (χ3v) is 5.41. The van der Waals surface area contributed by atoms with Crippen LogP contribution in [-0.2, 0) is 19.6 Å². The summed E-state index contributed by atoms with van der Waals surface area (Å²) >= 11 is 0. The number of likely N-dealkylation sites (N-methyl/N-ethyl adjacent to an activating group) is 1. The summed E-state index contributed by atoms with van der Waals surface area (Å²) in [5.41, 5.74) is 6.99. The molecule has 0 aliphatic carbocycles. The van der Waals surface area contributed by atoms with E-state index >= 15 is 0 Å². The van der Waals surface area contributed by atoms with Gasteiger partial charge in [-0.15, -0.1) is 0 Å². The van der Waals surface area contributed by atoms with Crippen molar-refractivity contribution in [1.29, 1.82) is 0 Å². The Bertz CT molecular complexity index is 947. The fourth-order valence-corrected chi connectivity index (χ4v) is 3.64. The lowest BCUT2D eigenvalue weighted by atomic mass is 10.0. The number of aromatic amines is 1. The van der Waals surface area contributed by atoms with Gasteiger partial charge in [0.25, 0.3) is 0 Å². The van der Waals surface area contributed by atoms with Crippen LogP contribution in [-0.4, -0.2) is 35.3 Å². The Hall–Kier alpha value is -2.79. The van der Waals surface area contributed by atoms with Crippen LogP contribution in [0, 0.1) is 6.92 Å². The predicted molar refractivity (Wildman–Crippen MR) is 111 cm³/mol. The molecule has 1 aromatic heterocycles. The second kappa shape index (κ2) is 8.07. The van der Waals surface area contributed by atoms with Crippen LogP contribution in [0.25, 0.3) is 11.3 Å². The largest absolute Gasteiger partial charge is 0.493 e. The van der Waals surface area contributed by atoms with Crippen molar-refractivity contribution in [2.75, 3.05) is 20.2 Å². The van der Waals surface area contributed by atoms with Crippen molar-refractivity contribution in [3.8, 4) is 22.8 Å². The highest BCUT2D eigenvalue weighted by atomic mass is 16.5. The van der Waals surface area contributed by atoms with Gasteiger partial charge in [0.1, 0.15) is 6.61 Å². The van der Waals surface area contributed by atoms with Gasteiger partial charge in [-0.05, 0) is 37.2 Å². The Balaban J connectivity index is 1.56.